The number of nitrogens with one attached hydrogen (secondary N) is 2. The summed E-state index contributed by atoms with van der Waals surface area (Å²) in [7, 11) is 0. The number of alkyl halides is 3. The Hall–Kier alpha value is -3.85. The molecule has 1 heterocycles. The average molecular weight is 526 g/mol. The van der Waals surface area contributed by atoms with Crippen molar-refractivity contribution in [1.29, 1.82) is 0 Å². The number of hydrogen-bond donors (Lipinski definition) is 2. The van der Waals surface area contributed by atoms with Gasteiger partial charge in [-0.05, 0) is 42.2 Å². The van der Waals surface area contributed by atoms with Crippen LogP contribution in [0.5, 0.6) is 5.75 Å². The molecule has 1 fully saturated rings. The molecule has 1 saturated heterocycles. The van der Waals surface area contributed by atoms with Crippen LogP contribution in [-0.4, -0.2) is 41.6 Å². The average Bonchev–Trinajstić information content (AvgIpc) is 3.09. The second-order valence-corrected chi connectivity index (χ2v) is 9.29. The summed E-state index contributed by atoms with van der Waals surface area (Å²) >= 11 is 0. The molecule has 6 nitrogen and oxygen atoms in total. The lowest BCUT2D eigenvalue weighted by Crippen LogP contribution is -2.51. The van der Waals surface area contributed by atoms with Gasteiger partial charge in [0.05, 0.1) is 6.17 Å². The van der Waals surface area contributed by atoms with E-state index >= 15 is 0 Å². The Balaban J connectivity index is 1.48. The maximum Gasteiger partial charge on any atom is 0.471 e. The monoisotopic (exact) mass is 525 g/mol. The number of benzene rings is 3. The molecule has 0 spiro atoms. The van der Waals surface area contributed by atoms with E-state index in [9.17, 15) is 22.8 Å². The summed E-state index contributed by atoms with van der Waals surface area (Å²) in [5.74, 6) is -1.81. The van der Waals surface area contributed by atoms with Crippen molar-refractivity contribution in [3.05, 3.63) is 102 Å². The van der Waals surface area contributed by atoms with Crippen LogP contribution in [0.15, 0.2) is 84.9 Å². The Bertz CT molecular complexity index is 1210. The van der Waals surface area contributed by atoms with Crippen molar-refractivity contribution in [2.45, 2.75) is 50.8 Å². The maximum absolute atomic E-state index is 13.3. The van der Waals surface area contributed by atoms with Crippen LogP contribution in [-0.2, 0) is 17.9 Å². The third-order valence-corrected chi connectivity index (χ3v) is 6.41. The largest absolute Gasteiger partial charge is 0.489 e. The maximum atomic E-state index is 13.3. The quantitative estimate of drug-likeness (QED) is 0.432. The first kappa shape index (κ1) is 27.2. The summed E-state index contributed by atoms with van der Waals surface area (Å²) in [6.45, 7) is 1.41. The lowest BCUT2D eigenvalue weighted by molar-refractivity contribution is -0.174. The first-order chi connectivity index (χ1) is 18.3. The van der Waals surface area contributed by atoms with E-state index in [0.717, 1.165) is 11.1 Å². The van der Waals surface area contributed by atoms with Crippen LogP contribution in [0.4, 0.5) is 13.2 Å². The van der Waals surface area contributed by atoms with E-state index in [4.69, 9.17) is 4.74 Å². The van der Waals surface area contributed by atoms with Gasteiger partial charge in [0.2, 0.25) is 0 Å². The number of carbonyl (C=O) groups excluding carboxylic acids is 2. The van der Waals surface area contributed by atoms with Gasteiger partial charge < -0.3 is 15.4 Å². The fourth-order valence-corrected chi connectivity index (χ4v) is 4.49. The fraction of sp³-hybridized carbons (Fsp3) is 0.310. The smallest absolute Gasteiger partial charge is 0.471 e. The Morgan fingerprint density at radius 2 is 1.58 bits per heavy atom. The number of likely N-dealkylation sites (tertiary alicyclic amines) is 1. The van der Waals surface area contributed by atoms with Gasteiger partial charge in [-0.2, -0.15) is 13.2 Å². The van der Waals surface area contributed by atoms with Crippen molar-refractivity contribution >= 4 is 11.8 Å². The Morgan fingerprint density at radius 3 is 2.26 bits per heavy atom. The molecule has 2 unspecified atom stereocenters. The zero-order valence-electron chi connectivity index (χ0n) is 20.8. The zero-order valence-corrected chi connectivity index (χ0v) is 20.8. The van der Waals surface area contributed by atoms with E-state index in [0.29, 0.717) is 43.9 Å². The molecule has 0 bridgehead atoms. The van der Waals surface area contributed by atoms with Crippen LogP contribution < -0.4 is 15.4 Å². The molecule has 1 aliphatic rings. The van der Waals surface area contributed by atoms with Crippen molar-refractivity contribution in [1.82, 2.24) is 15.5 Å². The van der Waals surface area contributed by atoms with Gasteiger partial charge in [-0.3, -0.25) is 14.5 Å². The van der Waals surface area contributed by atoms with Gasteiger partial charge in [-0.1, -0.05) is 66.7 Å². The second kappa shape index (κ2) is 12.6. The highest BCUT2D eigenvalue weighted by Gasteiger charge is 2.40. The summed E-state index contributed by atoms with van der Waals surface area (Å²) in [5.41, 5.74) is 2.38. The summed E-state index contributed by atoms with van der Waals surface area (Å²) in [5, 5.41) is 5.09. The number of nitrogens with zero attached hydrogens (tertiary/aromatic N) is 1. The first-order valence-corrected chi connectivity index (χ1v) is 12.5. The van der Waals surface area contributed by atoms with E-state index in [1.165, 1.54) is 0 Å². The minimum atomic E-state index is -4.96. The van der Waals surface area contributed by atoms with Crippen molar-refractivity contribution in [3.8, 4) is 5.75 Å². The SMILES string of the molecule is O=C(NC1CC(NC(=O)C(F)(F)F)CCCN1Cc1ccccc1)c1cccc(OCc2ccccc2)c1. The summed E-state index contributed by atoms with van der Waals surface area (Å²) in [4.78, 5) is 26.9. The minimum absolute atomic E-state index is 0.143. The highest BCUT2D eigenvalue weighted by Crippen LogP contribution is 2.22. The number of hydrogen-bond acceptors (Lipinski definition) is 4. The van der Waals surface area contributed by atoms with Gasteiger partial charge in [0.1, 0.15) is 12.4 Å². The number of ether oxygens (including phenoxy) is 1. The molecule has 1 aliphatic heterocycles. The molecule has 0 aromatic heterocycles. The van der Waals surface area contributed by atoms with Gasteiger partial charge >= 0.3 is 12.1 Å². The van der Waals surface area contributed by atoms with E-state index < -0.39 is 24.3 Å². The highest BCUT2D eigenvalue weighted by atomic mass is 19.4. The molecule has 2 amide bonds. The summed E-state index contributed by atoms with van der Waals surface area (Å²) in [6, 6.07) is 25.3. The van der Waals surface area contributed by atoms with Crippen molar-refractivity contribution in [2.24, 2.45) is 0 Å². The predicted molar refractivity (Wildman–Crippen MR) is 137 cm³/mol. The van der Waals surface area contributed by atoms with Crippen molar-refractivity contribution in [2.75, 3.05) is 6.54 Å². The Kier molecular flexibility index (Phi) is 9.02. The number of amides is 2. The molecule has 0 aliphatic carbocycles. The van der Waals surface area contributed by atoms with Gasteiger partial charge in [-0.25, -0.2) is 0 Å². The van der Waals surface area contributed by atoms with Gasteiger partial charge in [-0.15, -0.1) is 0 Å². The number of carbonyl (C=O) groups is 2. The lowest BCUT2D eigenvalue weighted by atomic mass is 10.1. The molecule has 3 aromatic carbocycles. The number of rotatable bonds is 8. The molecule has 4 rings (SSSR count). The summed E-state index contributed by atoms with van der Waals surface area (Å²) in [6.07, 6.45) is -4.45. The van der Waals surface area contributed by atoms with Gasteiger partial charge in [0.25, 0.3) is 5.91 Å². The molecule has 38 heavy (non-hydrogen) atoms. The van der Waals surface area contributed by atoms with E-state index in [2.05, 4.69) is 10.6 Å². The third kappa shape index (κ3) is 7.82. The number of halogens is 3. The molecule has 0 radical (unpaired) electrons. The fourth-order valence-electron chi connectivity index (χ4n) is 4.49. The topological polar surface area (TPSA) is 70.7 Å². The van der Waals surface area contributed by atoms with Crippen LogP contribution >= 0.6 is 0 Å². The van der Waals surface area contributed by atoms with Crippen LogP contribution in [0.25, 0.3) is 0 Å². The molecule has 3 aromatic rings. The standard InChI is InChI=1S/C29H30F3N3O3/c30-29(31,32)28(37)33-24-14-8-16-35(19-21-9-3-1-4-10-21)26(18-24)34-27(36)23-13-7-15-25(17-23)38-20-22-11-5-2-6-12-22/h1-7,9-13,15,17,24,26H,8,14,16,18-20H2,(H,33,37)(H,34,36). The molecular formula is C29H30F3N3O3. The second-order valence-electron chi connectivity index (χ2n) is 9.29. The highest BCUT2D eigenvalue weighted by molar-refractivity contribution is 5.94. The van der Waals surface area contributed by atoms with E-state index in [1.807, 2.05) is 65.6 Å². The Morgan fingerprint density at radius 1 is 0.895 bits per heavy atom. The molecule has 0 saturated carbocycles. The molecule has 2 atom stereocenters. The zero-order chi connectivity index (χ0) is 27.0. The summed E-state index contributed by atoms with van der Waals surface area (Å²) < 4.78 is 44.6. The van der Waals surface area contributed by atoms with Gasteiger partial charge in [0, 0.05) is 31.1 Å². The first-order valence-electron chi connectivity index (χ1n) is 12.5. The minimum Gasteiger partial charge on any atom is -0.489 e. The molecular weight excluding hydrogens is 495 g/mol. The van der Waals surface area contributed by atoms with Crippen LogP contribution in [0.2, 0.25) is 0 Å². The van der Waals surface area contributed by atoms with Gasteiger partial charge in [0.15, 0.2) is 0 Å². The van der Waals surface area contributed by atoms with Crippen LogP contribution in [0.3, 0.4) is 0 Å². The third-order valence-electron chi connectivity index (χ3n) is 6.41. The van der Waals surface area contributed by atoms with Crippen LogP contribution in [0.1, 0.15) is 40.7 Å². The molecule has 9 heteroatoms. The lowest BCUT2D eigenvalue weighted by Gasteiger charge is -2.32. The van der Waals surface area contributed by atoms with Crippen LogP contribution in [0, 0.1) is 0 Å². The normalized spacial score (nSPS) is 18.3. The van der Waals surface area contributed by atoms with Crippen molar-refractivity contribution in [3.63, 3.8) is 0 Å². The molecule has 2 N–H and O–H groups in total. The van der Waals surface area contributed by atoms with E-state index in [-0.39, 0.29) is 12.3 Å². The Labute approximate surface area is 219 Å². The van der Waals surface area contributed by atoms with Crippen molar-refractivity contribution < 1.29 is 27.5 Å². The van der Waals surface area contributed by atoms with E-state index in [1.54, 1.807) is 24.3 Å². The molecule has 200 valence electrons. The predicted octanol–water partition coefficient (Wildman–Crippen LogP) is 5.05.